The van der Waals surface area contributed by atoms with Gasteiger partial charge in [-0.1, -0.05) is 20.8 Å². The highest BCUT2D eigenvalue weighted by Crippen LogP contribution is 1.84. The molecule has 0 radical (unpaired) electrons. The first-order chi connectivity index (χ1) is 4.66. The number of nitrogens with one attached hydrogen (secondary N) is 2. The lowest BCUT2D eigenvalue weighted by molar-refractivity contribution is 0.515. The Bertz CT molecular complexity index is 110. The predicted octanol–water partition coefficient (Wildman–Crippen LogP) is 2.41. The van der Waals surface area contributed by atoms with Crippen molar-refractivity contribution in [2.24, 2.45) is 0 Å². The van der Waals surface area contributed by atoms with Crippen LogP contribution in [0.2, 0.25) is 0 Å². The molecule has 0 saturated carbocycles. The molecule has 3 nitrogen and oxygen atoms in total. The van der Waals surface area contributed by atoms with Gasteiger partial charge < -0.3 is 4.74 Å². The summed E-state index contributed by atoms with van der Waals surface area (Å²) in [4.78, 5) is 0. The van der Waals surface area contributed by atoms with Crippen LogP contribution in [0.25, 0.3) is 0 Å². The lowest BCUT2D eigenvalue weighted by Gasteiger charge is -1.98. The predicted molar refractivity (Wildman–Crippen MR) is 43.9 cm³/mol. The summed E-state index contributed by atoms with van der Waals surface area (Å²) < 4.78 is 4.57. The minimum atomic E-state index is 0.0804. The molecule has 0 aliphatic carbocycles. The number of hydrogen-bond donors (Lipinski definition) is 2. The molecule has 0 amide bonds. The average molecular weight is 144 g/mol. The van der Waals surface area contributed by atoms with Crippen LogP contribution in [0.3, 0.4) is 0 Å². The smallest absolute Gasteiger partial charge is 0.188 e. The van der Waals surface area contributed by atoms with E-state index >= 15 is 0 Å². The first kappa shape index (κ1) is 11.9. The molecule has 3 heteroatoms. The summed E-state index contributed by atoms with van der Waals surface area (Å²) in [6.45, 7) is 7.31. The zero-order chi connectivity index (χ0) is 8.57. The van der Waals surface area contributed by atoms with E-state index in [2.05, 4.69) is 4.74 Å². The summed E-state index contributed by atoms with van der Waals surface area (Å²) in [6, 6.07) is 0. The van der Waals surface area contributed by atoms with E-state index in [4.69, 9.17) is 10.8 Å². The number of ether oxygens (including phenoxy) is 1. The molecule has 0 rings (SSSR count). The highest BCUT2D eigenvalue weighted by Gasteiger charge is 1.91. The SMILES string of the molecule is CC.CCC(=N)OC(C)=N. The van der Waals surface area contributed by atoms with E-state index in [1.165, 1.54) is 6.92 Å². The van der Waals surface area contributed by atoms with Gasteiger partial charge in [-0.3, -0.25) is 10.8 Å². The topological polar surface area (TPSA) is 56.9 Å². The molecule has 0 unspecified atom stereocenters. The van der Waals surface area contributed by atoms with Crippen molar-refractivity contribution in [3.8, 4) is 0 Å². The highest BCUT2D eigenvalue weighted by atomic mass is 16.5. The molecule has 2 N–H and O–H groups in total. The molecule has 0 aromatic carbocycles. The van der Waals surface area contributed by atoms with E-state index < -0.39 is 0 Å². The summed E-state index contributed by atoms with van der Waals surface area (Å²) in [5.41, 5.74) is 0. The minimum absolute atomic E-state index is 0.0804. The van der Waals surface area contributed by atoms with Gasteiger partial charge in [-0.15, -0.1) is 0 Å². The molecule has 0 bridgehead atoms. The highest BCUT2D eigenvalue weighted by molar-refractivity contribution is 5.86. The fourth-order valence-corrected chi connectivity index (χ4v) is 0.257. The third-order valence-corrected chi connectivity index (χ3v) is 0.597. The van der Waals surface area contributed by atoms with Crippen LogP contribution in [-0.4, -0.2) is 11.8 Å². The zero-order valence-corrected chi connectivity index (χ0v) is 7.12. The van der Waals surface area contributed by atoms with Crippen molar-refractivity contribution in [3.63, 3.8) is 0 Å². The third-order valence-electron chi connectivity index (χ3n) is 0.597. The van der Waals surface area contributed by atoms with Crippen LogP contribution in [0, 0.1) is 10.8 Å². The Kier molecular flexibility index (Phi) is 9.67. The fourth-order valence-electron chi connectivity index (χ4n) is 0.257. The Morgan fingerprint density at radius 2 is 1.70 bits per heavy atom. The van der Waals surface area contributed by atoms with E-state index in [-0.39, 0.29) is 11.8 Å². The van der Waals surface area contributed by atoms with Gasteiger partial charge in [-0.2, -0.15) is 0 Å². The van der Waals surface area contributed by atoms with Crippen LogP contribution in [-0.2, 0) is 4.74 Å². The molecule has 0 aromatic rings. The summed E-state index contributed by atoms with van der Waals surface area (Å²) in [5.74, 6) is 0.231. The first-order valence-electron chi connectivity index (χ1n) is 3.47. The Labute approximate surface area is 62.4 Å². The maximum atomic E-state index is 6.90. The molecule has 0 aliphatic heterocycles. The maximum absolute atomic E-state index is 6.90. The van der Waals surface area contributed by atoms with Gasteiger partial charge in [0.05, 0.1) is 0 Å². The van der Waals surface area contributed by atoms with Crippen molar-refractivity contribution in [1.82, 2.24) is 0 Å². The Balaban J connectivity index is 0. The summed E-state index contributed by atoms with van der Waals surface area (Å²) in [5, 5.41) is 13.7. The summed E-state index contributed by atoms with van der Waals surface area (Å²) in [7, 11) is 0. The third kappa shape index (κ3) is 10.2. The standard InChI is InChI=1S/C5H10N2O.C2H6/c1-3-5(7)8-4(2)6;1-2/h6-7H,3H2,1-2H3;1-2H3. The Hall–Kier alpha value is -0.860. The van der Waals surface area contributed by atoms with Crippen LogP contribution in [0.15, 0.2) is 0 Å². The molecule has 10 heavy (non-hydrogen) atoms. The van der Waals surface area contributed by atoms with Gasteiger partial charge in [0, 0.05) is 13.3 Å². The molecule has 0 aliphatic rings. The molecule has 0 fully saturated rings. The van der Waals surface area contributed by atoms with Crippen LogP contribution >= 0.6 is 0 Å². The van der Waals surface area contributed by atoms with Gasteiger partial charge in [-0.05, 0) is 0 Å². The van der Waals surface area contributed by atoms with Gasteiger partial charge >= 0.3 is 0 Å². The van der Waals surface area contributed by atoms with Crippen molar-refractivity contribution in [3.05, 3.63) is 0 Å². The lowest BCUT2D eigenvalue weighted by Crippen LogP contribution is -2.04. The molecule has 0 aromatic heterocycles. The molecular weight excluding hydrogens is 128 g/mol. The monoisotopic (exact) mass is 144 g/mol. The molecule has 60 valence electrons. The van der Waals surface area contributed by atoms with Gasteiger partial charge in [-0.25, -0.2) is 0 Å². The van der Waals surface area contributed by atoms with E-state index in [9.17, 15) is 0 Å². The second-order valence-corrected chi connectivity index (χ2v) is 1.43. The summed E-state index contributed by atoms with van der Waals surface area (Å²) in [6.07, 6.45) is 0.552. The van der Waals surface area contributed by atoms with Gasteiger partial charge in [0.2, 0.25) is 0 Å². The van der Waals surface area contributed by atoms with E-state index in [0.717, 1.165) is 0 Å². The van der Waals surface area contributed by atoms with Crippen molar-refractivity contribution < 1.29 is 4.74 Å². The van der Waals surface area contributed by atoms with Crippen molar-refractivity contribution in [2.75, 3.05) is 0 Å². The second kappa shape index (κ2) is 8.14. The Morgan fingerprint density at radius 3 is 1.80 bits per heavy atom. The summed E-state index contributed by atoms with van der Waals surface area (Å²) >= 11 is 0. The quantitative estimate of drug-likeness (QED) is 0.431. The van der Waals surface area contributed by atoms with Crippen molar-refractivity contribution in [1.29, 1.82) is 10.8 Å². The van der Waals surface area contributed by atoms with Crippen LogP contribution in [0.5, 0.6) is 0 Å². The zero-order valence-electron chi connectivity index (χ0n) is 7.12. The van der Waals surface area contributed by atoms with E-state index in [1.54, 1.807) is 0 Å². The minimum Gasteiger partial charge on any atom is -0.430 e. The molecule has 0 heterocycles. The van der Waals surface area contributed by atoms with Crippen LogP contribution < -0.4 is 0 Å². The molecule has 0 spiro atoms. The second-order valence-electron chi connectivity index (χ2n) is 1.43. The average Bonchev–Trinajstić information content (AvgIpc) is 1.91. The molecular formula is C7H16N2O. The maximum Gasteiger partial charge on any atom is 0.188 e. The number of rotatable bonds is 1. The van der Waals surface area contributed by atoms with Crippen molar-refractivity contribution >= 4 is 11.8 Å². The van der Waals surface area contributed by atoms with Crippen LogP contribution in [0.4, 0.5) is 0 Å². The van der Waals surface area contributed by atoms with Crippen LogP contribution in [0.1, 0.15) is 34.1 Å². The molecule has 0 atom stereocenters. The first-order valence-corrected chi connectivity index (χ1v) is 3.47. The van der Waals surface area contributed by atoms with Gasteiger partial charge in [0.25, 0.3) is 0 Å². The van der Waals surface area contributed by atoms with Gasteiger partial charge in [0.1, 0.15) is 0 Å². The van der Waals surface area contributed by atoms with E-state index in [1.807, 2.05) is 20.8 Å². The largest absolute Gasteiger partial charge is 0.430 e. The van der Waals surface area contributed by atoms with E-state index in [0.29, 0.717) is 6.42 Å². The Morgan fingerprint density at radius 1 is 1.30 bits per heavy atom. The van der Waals surface area contributed by atoms with Gasteiger partial charge in [0.15, 0.2) is 11.8 Å². The fraction of sp³-hybridized carbons (Fsp3) is 0.714. The molecule has 0 saturated heterocycles. The number of hydrogen-bond acceptors (Lipinski definition) is 3. The van der Waals surface area contributed by atoms with Crippen molar-refractivity contribution in [2.45, 2.75) is 34.1 Å². The lowest BCUT2D eigenvalue weighted by atomic mass is 10.5. The normalized spacial score (nSPS) is 7.20.